The number of aromatic nitrogens is 2. The van der Waals surface area contributed by atoms with E-state index in [2.05, 4.69) is 28.1 Å². The van der Waals surface area contributed by atoms with Gasteiger partial charge in [-0.05, 0) is 51.5 Å². The second kappa shape index (κ2) is 7.58. The molecule has 3 rings (SSSR count). The van der Waals surface area contributed by atoms with Gasteiger partial charge in [0, 0.05) is 25.7 Å². The van der Waals surface area contributed by atoms with Crippen LogP contribution in [0.3, 0.4) is 0 Å². The molecule has 1 aliphatic carbocycles. The minimum atomic E-state index is -0.362. The molecule has 1 aliphatic heterocycles. The normalized spacial score (nSPS) is 22.8. The molecule has 6 heteroatoms. The molecule has 1 aromatic heterocycles. The molecule has 2 atom stereocenters. The third-order valence-corrected chi connectivity index (χ3v) is 5.59. The molecule has 0 bridgehead atoms. The number of carbonyl (C=O) groups excluding carboxylic acids is 2. The molecule has 1 saturated heterocycles. The van der Waals surface area contributed by atoms with Gasteiger partial charge in [0.15, 0.2) is 0 Å². The quantitative estimate of drug-likeness (QED) is 0.910. The van der Waals surface area contributed by atoms with Crippen LogP contribution in [0.4, 0.5) is 0 Å². The van der Waals surface area contributed by atoms with Gasteiger partial charge in [-0.25, -0.2) is 0 Å². The Balaban J connectivity index is 1.73. The van der Waals surface area contributed by atoms with Crippen LogP contribution >= 0.6 is 0 Å². The van der Waals surface area contributed by atoms with Gasteiger partial charge in [0.05, 0.1) is 11.7 Å². The summed E-state index contributed by atoms with van der Waals surface area (Å²) < 4.78 is 2.07. The van der Waals surface area contributed by atoms with E-state index >= 15 is 0 Å². The molecule has 1 N–H and O–H groups in total. The maximum atomic E-state index is 13.2. The molecular weight excluding hydrogens is 316 g/mol. The van der Waals surface area contributed by atoms with E-state index in [-0.39, 0.29) is 29.8 Å². The summed E-state index contributed by atoms with van der Waals surface area (Å²) in [5.41, 5.74) is 2.16. The molecule has 25 heavy (non-hydrogen) atoms. The highest BCUT2D eigenvalue weighted by Gasteiger charge is 2.36. The molecule has 0 radical (unpaired) electrons. The lowest BCUT2D eigenvalue weighted by Gasteiger charge is -2.37. The van der Waals surface area contributed by atoms with Gasteiger partial charge in [-0.2, -0.15) is 5.10 Å². The van der Waals surface area contributed by atoms with E-state index in [9.17, 15) is 9.59 Å². The first-order valence-corrected chi connectivity index (χ1v) is 9.54. The lowest BCUT2D eigenvalue weighted by molar-refractivity contribution is -0.139. The van der Waals surface area contributed by atoms with Crippen LogP contribution in [-0.4, -0.2) is 45.6 Å². The Morgan fingerprint density at radius 3 is 2.52 bits per heavy atom. The summed E-state index contributed by atoms with van der Waals surface area (Å²) in [6.07, 6.45) is 6.40. The Morgan fingerprint density at radius 2 is 1.92 bits per heavy atom. The van der Waals surface area contributed by atoms with Crippen molar-refractivity contribution in [1.82, 2.24) is 20.0 Å². The number of likely N-dealkylation sites (tertiary alicyclic amines) is 1. The summed E-state index contributed by atoms with van der Waals surface area (Å²) in [6, 6.07) is 1.95. The summed E-state index contributed by atoms with van der Waals surface area (Å²) in [6.45, 7) is 7.03. The number of aryl methyl sites for hydroxylation is 2. The molecule has 2 heterocycles. The van der Waals surface area contributed by atoms with Gasteiger partial charge in [-0.15, -0.1) is 0 Å². The largest absolute Gasteiger partial charge is 0.344 e. The molecule has 2 fully saturated rings. The predicted molar refractivity (Wildman–Crippen MR) is 96.1 cm³/mol. The van der Waals surface area contributed by atoms with Crippen molar-refractivity contribution in [2.24, 2.45) is 5.92 Å². The highest BCUT2D eigenvalue weighted by atomic mass is 16.2. The van der Waals surface area contributed by atoms with Crippen molar-refractivity contribution in [2.45, 2.75) is 71.4 Å². The lowest BCUT2D eigenvalue weighted by atomic mass is 9.95. The topological polar surface area (TPSA) is 67.2 Å². The third-order valence-electron chi connectivity index (χ3n) is 5.59. The van der Waals surface area contributed by atoms with Crippen molar-refractivity contribution in [3.8, 4) is 0 Å². The van der Waals surface area contributed by atoms with E-state index in [0.29, 0.717) is 6.54 Å². The maximum absolute atomic E-state index is 13.2. The monoisotopic (exact) mass is 346 g/mol. The predicted octanol–water partition coefficient (Wildman–Crippen LogP) is 2.36. The maximum Gasteiger partial charge on any atom is 0.245 e. The highest BCUT2D eigenvalue weighted by molar-refractivity contribution is 5.87. The average molecular weight is 346 g/mol. The molecule has 2 amide bonds. The van der Waals surface area contributed by atoms with Crippen LogP contribution < -0.4 is 5.32 Å². The fourth-order valence-corrected chi connectivity index (χ4v) is 4.46. The zero-order chi connectivity index (χ0) is 18.0. The van der Waals surface area contributed by atoms with Crippen LogP contribution in [0.2, 0.25) is 0 Å². The van der Waals surface area contributed by atoms with Crippen molar-refractivity contribution >= 4 is 11.8 Å². The van der Waals surface area contributed by atoms with Crippen LogP contribution in [0.25, 0.3) is 0 Å². The Bertz CT molecular complexity index is 633. The number of rotatable bonds is 4. The smallest absolute Gasteiger partial charge is 0.245 e. The standard InChI is InChI=1S/C19H30N4O2/c1-13-11-14(2)23(21-13)17-9-6-10-22(12-17)19(25)18(20-15(3)24)16-7-4-5-8-16/h11,16-18H,4-10,12H2,1-3H3,(H,20,24)/t17-,18+/m1/s1. The van der Waals surface area contributed by atoms with Crippen LogP contribution in [0, 0.1) is 19.8 Å². The summed E-state index contributed by atoms with van der Waals surface area (Å²) in [7, 11) is 0. The van der Waals surface area contributed by atoms with Crippen molar-refractivity contribution in [1.29, 1.82) is 0 Å². The number of nitrogens with zero attached hydrogens (tertiary/aromatic N) is 3. The van der Waals surface area contributed by atoms with E-state index in [1.54, 1.807) is 0 Å². The van der Waals surface area contributed by atoms with Crippen molar-refractivity contribution in [3.63, 3.8) is 0 Å². The minimum Gasteiger partial charge on any atom is -0.344 e. The van der Waals surface area contributed by atoms with Crippen molar-refractivity contribution < 1.29 is 9.59 Å². The first-order chi connectivity index (χ1) is 12.0. The summed E-state index contributed by atoms with van der Waals surface area (Å²) in [5, 5.41) is 7.54. The first kappa shape index (κ1) is 18.0. The van der Waals surface area contributed by atoms with E-state index in [1.807, 2.05) is 11.8 Å². The Labute approximate surface area is 149 Å². The second-order valence-electron chi connectivity index (χ2n) is 7.67. The molecule has 0 spiro atoms. The van der Waals surface area contributed by atoms with E-state index in [1.165, 1.54) is 6.92 Å². The number of carbonyl (C=O) groups is 2. The molecule has 6 nitrogen and oxygen atoms in total. The van der Waals surface area contributed by atoms with Gasteiger partial charge in [-0.1, -0.05) is 12.8 Å². The van der Waals surface area contributed by atoms with Crippen molar-refractivity contribution in [2.75, 3.05) is 13.1 Å². The molecule has 1 saturated carbocycles. The Morgan fingerprint density at radius 1 is 1.20 bits per heavy atom. The van der Waals surface area contributed by atoms with Crippen LogP contribution in [0.5, 0.6) is 0 Å². The van der Waals surface area contributed by atoms with Gasteiger partial charge in [0.2, 0.25) is 11.8 Å². The molecule has 138 valence electrons. The zero-order valence-electron chi connectivity index (χ0n) is 15.6. The summed E-state index contributed by atoms with van der Waals surface area (Å²) in [4.78, 5) is 26.8. The number of hydrogen-bond donors (Lipinski definition) is 1. The minimum absolute atomic E-state index is 0.0910. The Kier molecular flexibility index (Phi) is 5.45. The van der Waals surface area contributed by atoms with Gasteiger partial charge < -0.3 is 10.2 Å². The second-order valence-corrected chi connectivity index (χ2v) is 7.67. The lowest BCUT2D eigenvalue weighted by Crippen LogP contribution is -2.53. The van der Waals surface area contributed by atoms with Crippen molar-refractivity contribution in [3.05, 3.63) is 17.5 Å². The zero-order valence-corrected chi connectivity index (χ0v) is 15.6. The first-order valence-electron chi connectivity index (χ1n) is 9.54. The van der Waals surface area contributed by atoms with Gasteiger partial charge in [0.25, 0.3) is 0 Å². The summed E-state index contributed by atoms with van der Waals surface area (Å²) in [5.74, 6) is 0.260. The molecule has 0 unspecified atom stereocenters. The molecular formula is C19H30N4O2. The average Bonchev–Trinajstić information content (AvgIpc) is 3.21. The van der Waals surface area contributed by atoms with Crippen LogP contribution in [0.1, 0.15) is 62.9 Å². The van der Waals surface area contributed by atoms with Crippen LogP contribution in [-0.2, 0) is 9.59 Å². The SMILES string of the molecule is CC(=O)N[C@H](C(=O)N1CCC[C@@H](n2nc(C)cc2C)C1)C1CCCC1. The number of piperidine rings is 1. The van der Waals surface area contributed by atoms with E-state index in [4.69, 9.17) is 0 Å². The number of nitrogens with one attached hydrogen (secondary N) is 1. The van der Waals surface area contributed by atoms with Gasteiger partial charge in [-0.3, -0.25) is 14.3 Å². The third kappa shape index (κ3) is 4.05. The number of hydrogen-bond acceptors (Lipinski definition) is 3. The van der Waals surface area contributed by atoms with Gasteiger partial charge in [0.1, 0.15) is 6.04 Å². The van der Waals surface area contributed by atoms with Gasteiger partial charge >= 0.3 is 0 Å². The molecule has 0 aromatic carbocycles. The Hall–Kier alpha value is -1.85. The van der Waals surface area contributed by atoms with E-state index < -0.39 is 0 Å². The summed E-state index contributed by atoms with van der Waals surface area (Å²) >= 11 is 0. The fraction of sp³-hybridized carbons (Fsp3) is 0.737. The number of amides is 2. The molecule has 1 aromatic rings. The fourth-order valence-electron chi connectivity index (χ4n) is 4.46. The highest BCUT2D eigenvalue weighted by Crippen LogP contribution is 2.30. The molecule has 2 aliphatic rings. The van der Waals surface area contributed by atoms with Crippen LogP contribution in [0.15, 0.2) is 6.07 Å². The van der Waals surface area contributed by atoms with E-state index in [0.717, 1.165) is 56.5 Å².